The number of aliphatic carboxylic acids is 1. The van der Waals surface area contributed by atoms with Gasteiger partial charge in [0, 0.05) is 12.1 Å². The molecule has 2 saturated heterocycles. The van der Waals surface area contributed by atoms with Crippen molar-refractivity contribution in [3.05, 3.63) is 0 Å². The van der Waals surface area contributed by atoms with E-state index < -0.39 is 5.97 Å². The first-order chi connectivity index (χ1) is 8.12. The summed E-state index contributed by atoms with van der Waals surface area (Å²) in [6, 6.07) is 0. The lowest BCUT2D eigenvalue weighted by atomic mass is 9.74. The highest BCUT2D eigenvalue weighted by Gasteiger charge is 2.49. The highest BCUT2D eigenvalue weighted by atomic mass is 16.4. The largest absolute Gasteiger partial charge is 0.481 e. The predicted molar refractivity (Wildman–Crippen MR) is 67.1 cm³/mol. The Kier molecular flexibility index (Phi) is 3.73. The minimum absolute atomic E-state index is 0.0810. The molecule has 1 N–H and O–H groups in total. The number of fused-ring (bicyclic) bond motifs is 2. The number of carbonyl (C=O) groups is 1. The smallest absolute Gasteiger partial charge is 0.305 e. The fourth-order valence-electron chi connectivity index (χ4n) is 3.91. The molecule has 0 saturated carbocycles. The van der Waals surface area contributed by atoms with Gasteiger partial charge in [0.25, 0.3) is 0 Å². The van der Waals surface area contributed by atoms with E-state index in [2.05, 4.69) is 23.6 Å². The molecule has 0 amide bonds. The van der Waals surface area contributed by atoms with Crippen molar-refractivity contribution in [2.75, 3.05) is 32.7 Å². The van der Waals surface area contributed by atoms with E-state index in [1.807, 2.05) is 0 Å². The number of carboxylic acid groups (broad SMARTS) is 1. The zero-order valence-corrected chi connectivity index (χ0v) is 11.0. The molecule has 2 rings (SSSR count). The molecule has 0 aromatic heterocycles. The molecule has 0 aromatic rings. The second-order valence-electron chi connectivity index (χ2n) is 5.38. The first kappa shape index (κ1) is 12.8. The summed E-state index contributed by atoms with van der Waals surface area (Å²) in [6.07, 6.45) is 2.50. The van der Waals surface area contributed by atoms with Crippen LogP contribution in [0.15, 0.2) is 0 Å². The molecular weight excluding hydrogens is 216 g/mol. The topological polar surface area (TPSA) is 43.8 Å². The maximum Gasteiger partial charge on any atom is 0.305 e. The lowest BCUT2D eigenvalue weighted by molar-refractivity contribution is -0.142. The minimum Gasteiger partial charge on any atom is -0.481 e. The Bertz CT molecular complexity index is 287. The summed E-state index contributed by atoms with van der Waals surface area (Å²) in [5.41, 5.74) is -0.0810. The van der Waals surface area contributed by atoms with Gasteiger partial charge in [0.1, 0.15) is 0 Å². The van der Waals surface area contributed by atoms with Crippen LogP contribution < -0.4 is 0 Å². The number of hydrogen-bond acceptors (Lipinski definition) is 3. The van der Waals surface area contributed by atoms with Crippen molar-refractivity contribution in [3.8, 4) is 0 Å². The third-order valence-electron chi connectivity index (χ3n) is 4.74. The maximum absolute atomic E-state index is 11.2. The molecule has 2 heterocycles. The molecule has 4 heteroatoms. The molecule has 17 heavy (non-hydrogen) atoms. The maximum atomic E-state index is 11.2. The molecule has 2 aliphatic rings. The van der Waals surface area contributed by atoms with Crippen LogP contribution in [0.5, 0.6) is 0 Å². The monoisotopic (exact) mass is 240 g/mol. The summed E-state index contributed by atoms with van der Waals surface area (Å²) in [6.45, 7) is 9.54. The van der Waals surface area contributed by atoms with E-state index in [1.54, 1.807) is 0 Å². The van der Waals surface area contributed by atoms with Gasteiger partial charge in [-0.1, -0.05) is 13.8 Å². The standard InChI is InChI=1S/C13H24N2O2/c1-3-15(4-2)13(9-12(16)17)6-8-14-7-5-11(13)10-14/h11H,3-10H2,1-2H3,(H,16,17). The minimum atomic E-state index is -0.641. The molecule has 98 valence electrons. The van der Waals surface area contributed by atoms with Crippen molar-refractivity contribution < 1.29 is 9.90 Å². The zero-order chi connectivity index (χ0) is 12.5. The van der Waals surface area contributed by atoms with E-state index in [-0.39, 0.29) is 5.54 Å². The molecule has 4 nitrogen and oxygen atoms in total. The summed E-state index contributed by atoms with van der Waals surface area (Å²) in [4.78, 5) is 16.1. The van der Waals surface area contributed by atoms with Gasteiger partial charge in [-0.3, -0.25) is 9.69 Å². The highest BCUT2D eigenvalue weighted by molar-refractivity contribution is 5.68. The van der Waals surface area contributed by atoms with Crippen LogP contribution in [0.4, 0.5) is 0 Å². The van der Waals surface area contributed by atoms with Crippen LogP contribution >= 0.6 is 0 Å². The fourth-order valence-corrected chi connectivity index (χ4v) is 3.91. The van der Waals surface area contributed by atoms with Gasteiger partial charge in [-0.15, -0.1) is 0 Å². The molecule has 3 unspecified atom stereocenters. The Labute approximate surface area is 104 Å². The van der Waals surface area contributed by atoms with Gasteiger partial charge in [0.15, 0.2) is 0 Å². The molecule has 2 aliphatic heterocycles. The van der Waals surface area contributed by atoms with Crippen LogP contribution in [0.1, 0.15) is 33.1 Å². The number of hydrogen-bond donors (Lipinski definition) is 1. The summed E-state index contributed by atoms with van der Waals surface area (Å²) < 4.78 is 0. The molecule has 0 radical (unpaired) electrons. The average Bonchev–Trinajstić information content (AvgIpc) is 2.69. The van der Waals surface area contributed by atoms with Gasteiger partial charge in [-0.05, 0) is 44.9 Å². The predicted octanol–water partition coefficient (Wildman–Crippen LogP) is 1.27. The number of nitrogens with zero attached hydrogens (tertiary/aromatic N) is 2. The number of piperidine rings is 1. The second-order valence-corrected chi connectivity index (χ2v) is 5.38. The van der Waals surface area contributed by atoms with Crippen molar-refractivity contribution in [2.45, 2.75) is 38.6 Å². The highest BCUT2D eigenvalue weighted by Crippen LogP contribution is 2.42. The average molecular weight is 240 g/mol. The lowest BCUT2D eigenvalue weighted by Gasteiger charge is -2.49. The first-order valence-electron chi connectivity index (χ1n) is 6.81. The molecule has 2 bridgehead atoms. The first-order valence-corrected chi connectivity index (χ1v) is 6.81. The quantitative estimate of drug-likeness (QED) is 0.786. The van der Waals surface area contributed by atoms with Gasteiger partial charge in [-0.2, -0.15) is 0 Å². The second kappa shape index (κ2) is 4.94. The van der Waals surface area contributed by atoms with Crippen LogP contribution in [-0.2, 0) is 4.79 Å². The SMILES string of the molecule is CCN(CC)C1(CC(=O)O)CCN2CCC1C2. The summed E-state index contributed by atoms with van der Waals surface area (Å²) in [7, 11) is 0. The van der Waals surface area contributed by atoms with Crippen LogP contribution in [0.2, 0.25) is 0 Å². The van der Waals surface area contributed by atoms with Crippen molar-refractivity contribution in [2.24, 2.45) is 5.92 Å². The van der Waals surface area contributed by atoms with Crippen molar-refractivity contribution in [3.63, 3.8) is 0 Å². The lowest BCUT2D eigenvalue weighted by Crippen LogP contribution is -2.59. The summed E-state index contributed by atoms with van der Waals surface area (Å²) in [5.74, 6) is -0.0931. The molecule has 2 fully saturated rings. The molecule has 0 spiro atoms. The third-order valence-corrected chi connectivity index (χ3v) is 4.74. The van der Waals surface area contributed by atoms with Crippen LogP contribution in [0.25, 0.3) is 0 Å². The summed E-state index contributed by atoms with van der Waals surface area (Å²) >= 11 is 0. The van der Waals surface area contributed by atoms with Crippen LogP contribution in [0.3, 0.4) is 0 Å². The van der Waals surface area contributed by atoms with Gasteiger partial charge >= 0.3 is 5.97 Å². The van der Waals surface area contributed by atoms with Gasteiger partial charge < -0.3 is 10.0 Å². The van der Waals surface area contributed by atoms with E-state index >= 15 is 0 Å². The zero-order valence-electron chi connectivity index (χ0n) is 11.0. The van der Waals surface area contributed by atoms with Gasteiger partial charge in [0.2, 0.25) is 0 Å². The van der Waals surface area contributed by atoms with Crippen molar-refractivity contribution in [1.29, 1.82) is 0 Å². The molecule has 3 atom stereocenters. The van der Waals surface area contributed by atoms with E-state index in [1.165, 1.54) is 6.42 Å². The normalized spacial score (nSPS) is 36.4. The Morgan fingerprint density at radius 3 is 2.71 bits per heavy atom. The van der Waals surface area contributed by atoms with Gasteiger partial charge in [0.05, 0.1) is 6.42 Å². The number of carboxylic acids is 1. The Morgan fingerprint density at radius 1 is 1.41 bits per heavy atom. The van der Waals surface area contributed by atoms with Crippen LogP contribution in [0, 0.1) is 5.92 Å². The Hall–Kier alpha value is -0.610. The van der Waals surface area contributed by atoms with Crippen LogP contribution in [-0.4, -0.2) is 59.1 Å². The molecule has 0 aromatic carbocycles. The molecular formula is C13H24N2O2. The number of rotatable bonds is 5. The van der Waals surface area contributed by atoms with E-state index in [4.69, 9.17) is 0 Å². The Balaban J connectivity index is 2.25. The van der Waals surface area contributed by atoms with Crippen molar-refractivity contribution >= 4 is 5.97 Å². The van der Waals surface area contributed by atoms with E-state index in [0.717, 1.165) is 39.1 Å². The van der Waals surface area contributed by atoms with E-state index in [9.17, 15) is 9.90 Å². The summed E-state index contributed by atoms with van der Waals surface area (Å²) in [5, 5.41) is 9.26. The third kappa shape index (κ3) is 2.20. The van der Waals surface area contributed by atoms with E-state index in [0.29, 0.717) is 12.3 Å². The van der Waals surface area contributed by atoms with Crippen molar-refractivity contribution in [1.82, 2.24) is 9.80 Å². The molecule has 0 aliphatic carbocycles. The Morgan fingerprint density at radius 2 is 2.12 bits per heavy atom. The fraction of sp³-hybridized carbons (Fsp3) is 0.923. The van der Waals surface area contributed by atoms with Gasteiger partial charge in [-0.25, -0.2) is 0 Å².